The van der Waals surface area contributed by atoms with E-state index in [-0.39, 0.29) is 17.6 Å². The summed E-state index contributed by atoms with van der Waals surface area (Å²) in [6.45, 7) is 4.20. The third kappa shape index (κ3) is 3.61. The number of ketones is 1. The van der Waals surface area contributed by atoms with Gasteiger partial charge in [-0.15, -0.1) is 0 Å². The van der Waals surface area contributed by atoms with Gasteiger partial charge in [0.25, 0.3) is 0 Å². The van der Waals surface area contributed by atoms with Crippen molar-refractivity contribution < 1.29 is 4.79 Å². The fourth-order valence-electron chi connectivity index (χ4n) is 3.74. The number of likely N-dealkylation sites (tertiary alicyclic amines) is 1. The molecule has 136 valence electrons. The summed E-state index contributed by atoms with van der Waals surface area (Å²) in [5.41, 5.74) is 4.17. The number of benzene rings is 1. The first-order valence-corrected chi connectivity index (χ1v) is 9.38. The van der Waals surface area contributed by atoms with Crippen molar-refractivity contribution in [3.63, 3.8) is 0 Å². The normalized spacial score (nSPS) is 16.9. The fourth-order valence-corrected chi connectivity index (χ4v) is 3.74. The molecule has 1 saturated heterocycles. The summed E-state index contributed by atoms with van der Waals surface area (Å²) < 4.78 is 0. The summed E-state index contributed by atoms with van der Waals surface area (Å²) >= 11 is 0. The van der Waals surface area contributed by atoms with Crippen LogP contribution in [0, 0.1) is 17.2 Å². The molecule has 4 rings (SSSR count). The molecule has 27 heavy (non-hydrogen) atoms. The molecule has 1 aromatic carbocycles. The minimum atomic E-state index is 0.105. The second kappa shape index (κ2) is 7.32. The average Bonchev–Trinajstić information content (AvgIpc) is 3.04. The van der Waals surface area contributed by atoms with Gasteiger partial charge in [0.15, 0.2) is 0 Å². The van der Waals surface area contributed by atoms with Crippen LogP contribution in [0.25, 0.3) is 0 Å². The maximum atomic E-state index is 12.5. The Bertz CT molecular complexity index is 923. The summed E-state index contributed by atoms with van der Waals surface area (Å²) in [5.74, 6) is 1.47. The molecule has 0 unspecified atom stereocenters. The van der Waals surface area contributed by atoms with Gasteiger partial charge in [0.05, 0.1) is 18.5 Å². The topological polar surface area (TPSA) is 69.3 Å². The van der Waals surface area contributed by atoms with E-state index in [0.29, 0.717) is 19.4 Å². The SMILES string of the molecule is C[C@@H](CC(=O)Cc1cc2c(cn1)C(N1CC(C#N)C1)=NC2)c1ccccc1. The number of aromatic nitrogens is 1. The Morgan fingerprint density at radius 2 is 2.11 bits per heavy atom. The number of rotatable bonds is 5. The zero-order valence-corrected chi connectivity index (χ0v) is 15.4. The quantitative estimate of drug-likeness (QED) is 0.823. The van der Waals surface area contributed by atoms with E-state index in [1.807, 2.05) is 30.5 Å². The van der Waals surface area contributed by atoms with Crippen LogP contribution in [-0.4, -0.2) is 34.6 Å². The van der Waals surface area contributed by atoms with Crippen molar-refractivity contribution in [3.05, 3.63) is 65.0 Å². The van der Waals surface area contributed by atoms with E-state index in [2.05, 4.69) is 40.0 Å². The number of pyridine rings is 1. The molecular weight excluding hydrogens is 336 g/mol. The second-order valence-electron chi connectivity index (χ2n) is 7.43. The van der Waals surface area contributed by atoms with Crippen molar-refractivity contribution in [3.8, 4) is 6.07 Å². The van der Waals surface area contributed by atoms with Gasteiger partial charge in [-0.05, 0) is 23.1 Å². The largest absolute Gasteiger partial charge is 0.354 e. The number of nitriles is 1. The highest BCUT2D eigenvalue weighted by molar-refractivity contribution is 6.02. The molecule has 0 aliphatic carbocycles. The highest BCUT2D eigenvalue weighted by Crippen LogP contribution is 2.26. The highest BCUT2D eigenvalue weighted by Gasteiger charge is 2.32. The Balaban J connectivity index is 1.38. The van der Waals surface area contributed by atoms with Crippen molar-refractivity contribution in [2.24, 2.45) is 10.9 Å². The number of hydrogen-bond acceptors (Lipinski definition) is 5. The monoisotopic (exact) mass is 358 g/mol. The average molecular weight is 358 g/mol. The molecule has 1 aromatic heterocycles. The molecular formula is C22H22N4O. The van der Waals surface area contributed by atoms with Crippen LogP contribution < -0.4 is 0 Å². The molecule has 3 heterocycles. The summed E-state index contributed by atoms with van der Waals surface area (Å²) in [5, 5.41) is 8.94. The summed E-state index contributed by atoms with van der Waals surface area (Å²) in [7, 11) is 0. The molecule has 1 fully saturated rings. The number of carbonyl (C=O) groups is 1. The molecule has 0 radical (unpaired) electrons. The van der Waals surface area contributed by atoms with E-state index >= 15 is 0 Å². The van der Waals surface area contributed by atoms with Gasteiger partial charge < -0.3 is 4.90 Å². The lowest BCUT2D eigenvalue weighted by atomic mass is 9.94. The minimum Gasteiger partial charge on any atom is -0.354 e. The third-order valence-corrected chi connectivity index (χ3v) is 5.33. The van der Waals surface area contributed by atoms with Gasteiger partial charge in [0.1, 0.15) is 11.6 Å². The Hall–Kier alpha value is -3.00. The van der Waals surface area contributed by atoms with Crippen molar-refractivity contribution in [1.82, 2.24) is 9.88 Å². The van der Waals surface area contributed by atoms with Gasteiger partial charge in [-0.2, -0.15) is 5.26 Å². The minimum absolute atomic E-state index is 0.105. The Morgan fingerprint density at radius 3 is 2.85 bits per heavy atom. The Labute approximate surface area is 159 Å². The number of Topliss-reactive ketones (excluding diaryl/α,β-unsaturated/α-hetero) is 1. The molecule has 0 spiro atoms. The van der Waals surface area contributed by atoms with E-state index in [4.69, 9.17) is 5.26 Å². The molecule has 1 atom stereocenters. The number of amidine groups is 1. The second-order valence-corrected chi connectivity index (χ2v) is 7.43. The van der Waals surface area contributed by atoms with Crippen LogP contribution >= 0.6 is 0 Å². The van der Waals surface area contributed by atoms with Gasteiger partial charge in [-0.3, -0.25) is 14.8 Å². The van der Waals surface area contributed by atoms with Crippen LogP contribution in [0.2, 0.25) is 0 Å². The first kappa shape index (κ1) is 17.4. The lowest BCUT2D eigenvalue weighted by Crippen LogP contribution is -2.49. The zero-order chi connectivity index (χ0) is 18.8. The van der Waals surface area contributed by atoms with E-state index in [1.165, 1.54) is 5.56 Å². The lowest BCUT2D eigenvalue weighted by Gasteiger charge is -2.37. The maximum Gasteiger partial charge on any atom is 0.139 e. The third-order valence-electron chi connectivity index (χ3n) is 5.33. The summed E-state index contributed by atoms with van der Waals surface area (Å²) in [6, 6.07) is 14.4. The smallest absolute Gasteiger partial charge is 0.139 e. The van der Waals surface area contributed by atoms with Crippen LogP contribution in [0.1, 0.15) is 41.6 Å². The van der Waals surface area contributed by atoms with Gasteiger partial charge in [0.2, 0.25) is 0 Å². The van der Waals surface area contributed by atoms with Gasteiger partial charge in [-0.25, -0.2) is 0 Å². The summed E-state index contributed by atoms with van der Waals surface area (Å²) in [6.07, 6.45) is 2.72. The molecule has 0 bridgehead atoms. The number of carbonyl (C=O) groups excluding carboxylic acids is 1. The molecule has 0 saturated carbocycles. The Kier molecular flexibility index (Phi) is 4.72. The van der Waals surface area contributed by atoms with Crippen molar-refractivity contribution >= 4 is 11.6 Å². The standard InChI is InChI=1S/C22H22N4O/c1-15(17-5-3-2-4-6-17)7-20(27)9-19-8-18-11-25-22(21(18)12-24-19)26-13-16(10-23)14-26/h2-6,8,12,15-16H,7,9,11,13-14H2,1H3/t15-/m0/s1. The molecule has 5 heteroatoms. The molecule has 2 aromatic rings. The number of nitrogens with zero attached hydrogens (tertiary/aromatic N) is 4. The van der Waals surface area contributed by atoms with Crippen LogP contribution in [0.4, 0.5) is 0 Å². The van der Waals surface area contributed by atoms with Crippen LogP contribution in [0.3, 0.4) is 0 Å². The molecule has 2 aliphatic heterocycles. The molecule has 0 N–H and O–H groups in total. The zero-order valence-electron chi connectivity index (χ0n) is 15.4. The number of aliphatic imine (C=N–C) groups is 1. The Morgan fingerprint density at radius 1 is 1.33 bits per heavy atom. The van der Waals surface area contributed by atoms with Crippen molar-refractivity contribution in [1.29, 1.82) is 5.26 Å². The van der Waals surface area contributed by atoms with Gasteiger partial charge in [0, 0.05) is 43.4 Å². The predicted molar refractivity (Wildman–Crippen MR) is 103 cm³/mol. The van der Waals surface area contributed by atoms with Crippen LogP contribution in [0.5, 0.6) is 0 Å². The van der Waals surface area contributed by atoms with E-state index in [1.54, 1.807) is 0 Å². The van der Waals surface area contributed by atoms with E-state index in [0.717, 1.165) is 35.7 Å². The van der Waals surface area contributed by atoms with Crippen molar-refractivity contribution in [2.45, 2.75) is 32.2 Å². The predicted octanol–water partition coefficient (Wildman–Crippen LogP) is 3.10. The van der Waals surface area contributed by atoms with Crippen LogP contribution in [-0.2, 0) is 17.8 Å². The van der Waals surface area contributed by atoms with Crippen LogP contribution in [0.15, 0.2) is 47.6 Å². The van der Waals surface area contributed by atoms with E-state index in [9.17, 15) is 4.79 Å². The fraction of sp³-hybridized carbons (Fsp3) is 0.364. The highest BCUT2D eigenvalue weighted by atomic mass is 16.1. The number of fused-ring (bicyclic) bond motifs is 1. The molecule has 5 nitrogen and oxygen atoms in total. The first-order chi connectivity index (χ1) is 13.1. The molecule has 0 amide bonds. The number of hydrogen-bond donors (Lipinski definition) is 0. The lowest BCUT2D eigenvalue weighted by molar-refractivity contribution is -0.118. The van der Waals surface area contributed by atoms with E-state index < -0.39 is 0 Å². The van der Waals surface area contributed by atoms with Gasteiger partial charge in [-0.1, -0.05) is 37.3 Å². The maximum absolute atomic E-state index is 12.5. The summed E-state index contributed by atoms with van der Waals surface area (Å²) in [4.78, 5) is 23.7. The van der Waals surface area contributed by atoms with Crippen molar-refractivity contribution in [2.75, 3.05) is 13.1 Å². The molecule has 2 aliphatic rings. The first-order valence-electron chi connectivity index (χ1n) is 9.38. The van der Waals surface area contributed by atoms with Gasteiger partial charge >= 0.3 is 0 Å².